The maximum Gasteiger partial charge on any atom is 0.284 e. The van der Waals surface area contributed by atoms with Crippen LogP contribution in [0, 0.1) is 4.84 Å². The van der Waals surface area contributed by atoms with Crippen molar-refractivity contribution in [3.63, 3.8) is 0 Å². The Bertz CT molecular complexity index is 296. The molecule has 1 aromatic rings. The van der Waals surface area contributed by atoms with E-state index in [1.54, 1.807) is 0 Å². The second-order valence-corrected chi connectivity index (χ2v) is 3.87. The first-order valence-electron chi connectivity index (χ1n) is 3.81. The summed E-state index contributed by atoms with van der Waals surface area (Å²) in [5.41, 5.74) is 5.60. The highest BCUT2D eigenvalue weighted by atomic mass is 32.1. The number of nitrogens with two attached hydrogens (primary N) is 1. The number of aryl methyl sites for hydroxylation is 1. The van der Waals surface area contributed by atoms with Crippen molar-refractivity contribution in [2.24, 2.45) is 5.73 Å². The monoisotopic (exact) mass is 187 g/mol. The molecule has 0 amide bonds. The van der Waals surface area contributed by atoms with Gasteiger partial charge in [0.25, 0.3) is 4.84 Å². The first-order valence-corrected chi connectivity index (χ1v) is 4.21. The lowest BCUT2D eigenvalue weighted by Gasteiger charge is -2.16. The van der Waals surface area contributed by atoms with Crippen molar-refractivity contribution in [3.05, 3.63) is 10.7 Å². The molecule has 0 fully saturated rings. The Morgan fingerprint density at radius 3 is 2.75 bits per heavy atom. The van der Waals surface area contributed by atoms with Crippen LogP contribution in [0.2, 0.25) is 0 Å². The average Bonchev–Trinajstić information content (AvgIpc) is 2.30. The second-order valence-electron chi connectivity index (χ2n) is 3.50. The van der Waals surface area contributed by atoms with Gasteiger partial charge in [0.2, 0.25) is 5.89 Å². The molecule has 0 aliphatic rings. The van der Waals surface area contributed by atoms with Crippen molar-refractivity contribution in [2.45, 2.75) is 32.2 Å². The van der Waals surface area contributed by atoms with Gasteiger partial charge in [-0.05, 0) is 32.5 Å². The zero-order chi connectivity index (χ0) is 9.19. The lowest BCUT2D eigenvalue weighted by Crippen LogP contribution is -2.32. The largest absolute Gasteiger partial charge is 0.414 e. The number of nitrogens with zero attached hydrogens (tertiary/aromatic N) is 1. The van der Waals surface area contributed by atoms with Crippen LogP contribution in [-0.4, -0.2) is 15.7 Å². The van der Waals surface area contributed by atoms with Crippen LogP contribution in [0.4, 0.5) is 0 Å². The highest BCUT2D eigenvalue weighted by molar-refractivity contribution is 7.71. The fourth-order valence-electron chi connectivity index (χ4n) is 0.797. The second kappa shape index (κ2) is 3.37. The molecule has 0 saturated carbocycles. The van der Waals surface area contributed by atoms with E-state index in [0.29, 0.717) is 10.7 Å². The summed E-state index contributed by atoms with van der Waals surface area (Å²) in [5.74, 6) is 0.624. The molecule has 0 aliphatic heterocycles. The quantitative estimate of drug-likeness (QED) is 0.702. The molecule has 0 unspecified atom stereocenters. The standard InChI is InChI=1S/C7H13N3OS/c1-7(2,8)4-3-5-9-10-6(12)11-5/h3-4,8H2,1-2H3,(H,10,12). The maximum atomic E-state index is 5.78. The molecule has 1 heterocycles. The van der Waals surface area contributed by atoms with E-state index in [2.05, 4.69) is 10.2 Å². The van der Waals surface area contributed by atoms with Crippen LogP contribution in [0.1, 0.15) is 26.2 Å². The molecule has 0 saturated heterocycles. The van der Waals surface area contributed by atoms with Crippen LogP contribution in [0.3, 0.4) is 0 Å². The topological polar surface area (TPSA) is 67.8 Å². The molecule has 0 aromatic carbocycles. The minimum Gasteiger partial charge on any atom is -0.414 e. The number of hydrogen-bond donors (Lipinski definition) is 2. The molecular formula is C7H13N3OS. The molecule has 68 valence electrons. The zero-order valence-electron chi connectivity index (χ0n) is 7.26. The van der Waals surface area contributed by atoms with Gasteiger partial charge in [-0.1, -0.05) is 0 Å². The van der Waals surface area contributed by atoms with Crippen molar-refractivity contribution in [1.82, 2.24) is 10.2 Å². The summed E-state index contributed by atoms with van der Waals surface area (Å²) in [4.78, 5) is 0.319. The Hall–Kier alpha value is -0.680. The molecule has 0 aliphatic carbocycles. The van der Waals surface area contributed by atoms with E-state index in [9.17, 15) is 0 Å². The number of aromatic nitrogens is 2. The van der Waals surface area contributed by atoms with Gasteiger partial charge in [0.15, 0.2) is 0 Å². The van der Waals surface area contributed by atoms with Gasteiger partial charge < -0.3 is 10.2 Å². The molecule has 12 heavy (non-hydrogen) atoms. The smallest absolute Gasteiger partial charge is 0.284 e. The molecular weight excluding hydrogens is 174 g/mol. The Morgan fingerprint density at radius 2 is 2.33 bits per heavy atom. The van der Waals surface area contributed by atoms with E-state index in [-0.39, 0.29) is 5.54 Å². The number of rotatable bonds is 3. The highest BCUT2D eigenvalue weighted by Crippen LogP contribution is 2.08. The van der Waals surface area contributed by atoms with Gasteiger partial charge in [0.1, 0.15) is 0 Å². The van der Waals surface area contributed by atoms with Crippen molar-refractivity contribution >= 4 is 12.2 Å². The van der Waals surface area contributed by atoms with Crippen LogP contribution in [-0.2, 0) is 6.42 Å². The lowest BCUT2D eigenvalue weighted by molar-refractivity contribution is 0.419. The van der Waals surface area contributed by atoms with E-state index < -0.39 is 0 Å². The number of hydrogen-bond acceptors (Lipinski definition) is 4. The van der Waals surface area contributed by atoms with Gasteiger partial charge in [-0.25, -0.2) is 5.10 Å². The van der Waals surface area contributed by atoms with Gasteiger partial charge in [-0.15, -0.1) is 5.10 Å². The van der Waals surface area contributed by atoms with E-state index in [0.717, 1.165) is 12.8 Å². The first kappa shape index (κ1) is 9.41. The fraction of sp³-hybridized carbons (Fsp3) is 0.714. The molecule has 0 radical (unpaired) electrons. The lowest BCUT2D eigenvalue weighted by atomic mass is 10.0. The van der Waals surface area contributed by atoms with Gasteiger partial charge in [-0.2, -0.15) is 0 Å². The van der Waals surface area contributed by atoms with E-state index in [1.807, 2.05) is 13.8 Å². The molecule has 0 atom stereocenters. The minimum atomic E-state index is -0.184. The van der Waals surface area contributed by atoms with Gasteiger partial charge in [0.05, 0.1) is 0 Å². The van der Waals surface area contributed by atoms with Crippen molar-refractivity contribution in [3.8, 4) is 0 Å². The highest BCUT2D eigenvalue weighted by Gasteiger charge is 2.12. The van der Waals surface area contributed by atoms with Crippen LogP contribution >= 0.6 is 12.2 Å². The summed E-state index contributed by atoms with van der Waals surface area (Å²) in [6.07, 6.45) is 1.55. The molecule has 1 aromatic heterocycles. The van der Waals surface area contributed by atoms with Crippen LogP contribution in [0.25, 0.3) is 0 Å². The minimum absolute atomic E-state index is 0.184. The van der Waals surface area contributed by atoms with E-state index in [1.165, 1.54) is 0 Å². The van der Waals surface area contributed by atoms with Gasteiger partial charge in [-0.3, -0.25) is 0 Å². The Labute approximate surface area is 76.2 Å². The predicted octanol–water partition coefficient (Wildman–Crippen LogP) is 1.40. The van der Waals surface area contributed by atoms with E-state index >= 15 is 0 Å². The summed E-state index contributed by atoms with van der Waals surface area (Å²) in [6, 6.07) is 0. The van der Waals surface area contributed by atoms with Crippen molar-refractivity contribution in [1.29, 1.82) is 0 Å². The normalized spacial score (nSPS) is 11.9. The Kier molecular flexibility index (Phi) is 2.64. The third kappa shape index (κ3) is 3.15. The average molecular weight is 187 g/mol. The molecule has 0 bridgehead atoms. The van der Waals surface area contributed by atoms with Crippen molar-refractivity contribution < 1.29 is 4.42 Å². The van der Waals surface area contributed by atoms with Crippen LogP contribution < -0.4 is 5.73 Å². The third-order valence-corrected chi connectivity index (χ3v) is 1.64. The maximum absolute atomic E-state index is 5.78. The van der Waals surface area contributed by atoms with E-state index in [4.69, 9.17) is 22.4 Å². The third-order valence-electron chi connectivity index (χ3n) is 1.47. The van der Waals surface area contributed by atoms with Gasteiger partial charge in [0, 0.05) is 12.0 Å². The summed E-state index contributed by atoms with van der Waals surface area (Å²) >= 11 is 4.72. The summed E-state index contributed by atoms with van der Waals surface area (Å²) in [6.45, 7) is 3.93. The predicted molar refractivity (Wildman–Crippen MR) is 48.3 cm³/mol. The first-order chi connectivity index (χ1) is 5.47. The fourth-order valence-corrected chi connectivity index (χ4v) is 0.939. The number of aromatic amines is 1. The SMILES string of the molecule is CC(C)(N)CCc1n[nH]c(=S)o1. The molecule has 1 rings (SSSR count). The Balaban J connectivity index is 2.49. The van der Waals surface area contributed by atoms with Gasteiger partial charge >= 0.3 is 0 Å². The Morgan fingerprint density at radius 1 is 1.67 bits per heavy atom. The van der Waals surface area contributed by atoms with Crippen molar-refractivity contribution in [2.75, 3.05) is 0 Å². The zero-order valence-corrected chi connectivity index (χ0v) is 8.07. The molecule has 3 N–H and O–H groups in total. The summed E-state index contributed by atoms with van der Waals surface area (Å²) in [5, 5.41) is 6.43. The molecule has 4 nitrogen and oxygen atoms in total. The summed E-state index contributed by atoms with van der Waals surface area (Å²) in [7, 11) is 0. The van der Waals surface area contributed by atoms with Crippen LogP contribution in [0.5, 0.6) is 0 Å². The molecule has 5 heteroatoms. The number of nitrogens with one attached hydrogen (secondary N) is 1. The molecule has 0 spiro atoms. The summed E-state index contributed by atoms with van der Waals surface area (Å²) < 4.78 is 5.07. The number of H-pyrrole nitrogens is 1. The van der Waals surface area contributed by atoms with Crippen LogP contribution in [0.15, 0.2) is 4.42 Å².